The van der Waals surface area contributed by atoms with E-state index in [0.717, 1.165) is 83.5 Å². The minimum atomic E-state index is -0.781. The molecule has 6 nitrogen and oxygen atoms in total. The van der Waals surface area contributed by atoms with E-state index >= 15 is 0 Å². The van der Waals surface area contributed by atoms with Gasteiger partial charge in [0.2, 0.25) is 0 Å². The molecule has 1 atom stereocenters. The molecular formula is C62H112O6. The molecule has 0 aromatic heterocycles. The van der Waals surface area contributed by atoms with Crippen molar-refractivity contribution in [3.63, 3.8) is 0 Å². The van der Waals surface area contributed by atoms with E-state index in [1.165, 1.54) is 186 Å². The molecule has 0 aliphatic carbocycles. The fraction of sp³-hybridized carbons (Fsp3) is 0.823. The molecule has 0 rings (SSSR count). The quantitative estimate of drug-likeness (QED) is 0.0262. The number of carbonyl (C=O) groups is 3. The van der Waals surface area contributed by atoms with Crippen LogP contribution in [0.25, 0.3) is 0 Å². The first-order valence-electron chi connectivity index (χ1n) is 29.6. The van der Waals surface area contributed by atoms with Crippen molar-refractivity contribution in [3.05, 3.63) is 48.6 Å². The van der Waals surface area contributed by atoms with Crippen LogP contribution in [0.4, 0.5) is 0 Å². The highest BCUT2D eigenvalue weighted by Gasteiger charge is 2.19. The summed E-state index contributed by atoms with van der Waals surface area (Å²) in [6.45, 7) is 6.63. The zero-order chi connectivity index (χ0) is 49.3. The number of allylic oxidation sites excluding steroid dienone is 8. The van der Waals surface area contributed by atoms with Gasteiger partial charge in [-0.25, -0.2) is 0 Å². The topological polar surface area (TPSA) is 78.9 Å². The Morgan fingerprint density at radius 2 is 0.529 bits per heavy atom. The first kappa shape index (κ1) is 65.4. The van der Waals surface area contributed by atoms with E-state index in [0.29, 0.717) is 19.3 Å². The van der Waals surface area contributed by atoms with Crippen molar-refractivity contribution in [1.29, 1.82) is 0 Å². The normalized spacial score (nSPS) is 12.3. The van der Waals surface area contributed by atoms with Gasteiger partial charge in [-0.1, -0.05) is 256 Å². The van der Waals surface area contributed by atoms with Crippen LogP contribution >= 0.6 is 0 Å². The summed E-state index contributed by atoms with van der Waals surface area (Å²) in [7, 11) is 0. The van der Waals surface area contributed by atoms with Gasteiger partial charge in [0, 0.05) is 19.3 Å². The maximum absolute atomic E-state index is 12.9. The first-order valence-corrected chi connectivity index (χ1v) is 29.6. The lowest BCUT2D eigenvalue weighted by Crippen LogP contribution is -2.30. The molecule has 0 radical (unpaired) electrons. The summed E-state index contributed by atoms with van der Waals surface area (Å²) in [5.74, 6) is -0.883. The smallest absolute Gasteiger partial charge is 0.306 e. The van der Waals surface area contributed by atoms with E-state index < -0.39 is 6.10 Å². The van der Waals surface area contributed by atoms with E-state index in [2.05, 4.69) is 69.4 Å². The predicted molar refractivity (Wildman–Crippen MR) is 293 cm³/mol. The SMILES string of the molecule is CCCCC/C=C\C/C=C\C/C=C\CCCCCCCCC(=O)OCC(COC(=O)CCCCCCCCCCCCCCCCC)OC(=O)CCCCCCC/C=C\CCCCCCCCC. The largest absolute Gasteiger partial charge is 0.462 e. The van der Waals surface area contributed by atoms with E-state index in [9.17, 15) is 14.4 Å². The van der Waals surface area contributed by atoms with Gasteiger partial charge in [0.15, 0.2) is 6.10 Å². The monoisotopic (exact) mass is 953 g/mol. The molecule has 0 fully saturated rings. The van der Waals surface area contributed by atoms with Gasteiger partial charge in [0.05, 0.1) is 0 Å². The van der Waals surface area contributed by atoms with Gasteiger partial charge in [0.25, 0.3) is 0 Å². The highest BCUT2D eigenvalue weighted by Crippen LogP contribution is 2.16. The third kappa shape index (κ3) is 54.3. The van der Waals surface area contributed by atoms with Gasteiger partial charge in [-0.2, -0.15) is 0 Å². The summed E-state index contributed by atoms with van der Waals surface area (Å²) >= 11 is 0. The van der Waals surface area contributed by atoms with Gasteiger partial charge in [-0.05, 0) is 83.5 Å². The van der Waals surface area contributed by atoms with Crippen molar-refractivity contribution < 1.29 is 28.6 Å². The summed E-state index contributed by atoms with van der Waals surface area (Å²) in [6.07, 6.45) is 69.5. The van der Waals surface area contributed by atoms with Gasteiger partial charge in [0.1, 0.15) is 13.2 Å². The van der Waals surface area contributed by atoms with Crippen molar-refractivity contribution in [3.8, 4) is 0 Å². The molecule has 0 spiro atoms. The second kappa shape index (κ2) is 57.0. The van der Waals surface area contributed by atoms with Crippen LogP contribution in [0.5, 0.6) is 0 Å². The van der Waals surface area contributed by atoms with Crippen LogP contribution in [-0.4, -0.2) is 37.2 Å². The Morgan fingerprint density at radius 1 is 0.294 bits per heavy atom. The van der Waals surface area contributed by atoms with Crippen LogP contribution in [0, 0.1) is 0 Å². The van der Waals surface area contributed by atoms with Crippen molar-refractivity contribution >= 4 is 17.9 Å². The second-order valence-corrected chi connectivity index (χ2v) is 19.9. The van der Waals surface area contributed by atoms with Crippen molar-refractivity contribution in [2.75, 3.05) is 13.2 Å². The zero-order valence-corrected chi connectivity index (χ0v) is 45.4. The minimum Gasteiger partial charge on any atom is -0.462 e. The maximum Gasteiger partial charge on any atom is 0.306 e. The minimum absolute atomic E-state index is 0.0776. The average molecular weight is 954 g/mol. The Kier molecular flexibility index (Phi) is 54.8. The lowest BCUT2D eigenvalue weighted by Gasteiger charge is -2.18. The molecule has 0 heterocycles. The standard InChI is InChI=1S/C62H112O6/c1-4-7-10-13-16-19-22-25-28-30-31-32-35-37-40-43-46-49-52-55-61(64)67-58-59(57-66-60(63)54-51-48-45-42-39-36-33-27-24-21-18-15-12-9-6-3)68-62(65)56-53-50-47-44-41-38-34-29-26-23-20-17-14-11-8-5-2/h16,19,25,28-29,31-32,34,59H,4-15,17-18,20-24,26-27,30,33,35-58H2,1-3H3/b19-16-,28-25-,32-31-,34-29-. The Balaban J connectivity index is 4.38. The molecular weight excluding hydrogens is 841 g/mol. The van der Waals surface area contributed by atoms with Crippen LogP contribution in [0.3, 0.4) is 0 Å². The van der Waals surface area contributed by atoms with Crippen LogP contribution < -0.4 is 0 Å². The molecule has 0 aliphatic rings. The third-order valence-electron chi connectivity index (χ3n) is 13.1. The highest BCUT2D eigenvalue weighted by molar-refractivity contribution is 5.71. The third-order valence-corrected chi connectivity index (χ3v) is 13.1. The highest BCUT2D eigenvalue weighted by atomic mass is 16.6. The fourth-order valence-corrected chi connectivity index (χ4v) is 8.56. The summed E-state index contributed by atoms with van der Waals surface area (Å²) in [5.41, 5.74) is 0. The lowest BCUT2D eigenvalue weighted by molar-refractivity contribution is -0.167. The van der Waals surface area contributed by atoms with Crippen LogP contribution in [0.2, 0.25) is 0 Å². The summed E-state index contributed by atoms with van der Waals surface area (Å²) in [4.78, 5) is 38.2. The van der Waals surface area contributed by atoms with E-state index in [1.807, 2.05) is 0 Å². The summed E-state index contributed by atoms with van der Waals surface area (Å²) < 4.78 is 16.9. The number of carbonyl (C=O) groups excluding carboxylic acids is 3. The Bertz CT molecular complexity index is 1190. The molecule has 1 unspecified atom stereocenters. The Labute approximate surface area is 422 Å². The molecule has 0 saturated heterocycles. The maximum atomic E-state index is 12.9. The summed E-state index contributed by atoms with van der Waals surface area (Å²) in [6, 6.07) is 0. The van der Waals surface area contributed by atoms with Crippen molar-refractivity contribution in [2.45, 2.75) is 316 Å². The molecule has 0 aliphatic heterocycles. The Hall–Kier alpha value is -2.63. The van der Waals surface area contributed by atoms with Crippen LogP contribution in [-0.2, 0) is 28.6 Å². The molecule has 6 heteroatoms. The molecule has 396 valence electrons. The van der Waals surface area contributed by atoms with Gasteiger partial charge in [-0.3, -0.25) is 14.4 Å². The molecule has 68 heavy (non-hydrogen) atoms. The van der Waals surface area contributed by atoms with Gasteiger partial charge >= 0.3 is 17.9 Å². The zero-order valence-electron chi connectivity index (χ0n) is 45.4. The predicted octanol–water partition coefficient (Wildman–Crippen LogP) is 19.8. The molecule has 0 bridgehead atoms. The van der Waals surface area contributed by atoms with Gasteiger partial charge in [-0.15, -0.1) is 0 Å². The second-order valence-electron chi connectivity index (χ2n) is 19.9. The van der Waals surface area contributed by atoms with Crippen molar-refractivity contribution in [2.24, 2.45) is 0 Å². The Morgan fingerprint density at radius 3 is 0.868 bits per heavy atom. The fourth-order valence-electron chi connectivity index (χ4n) is 8.56. The van der Waals surface area contributed by atoms with Crippen LogP contribution in [0.15, 0.2) is 48.6 Å². The number of hydrogen-bond acceptors (Lipinski definition) is 6. The first-order chi connectivity index (χ1) is 33.5. The summed E-state index contributed by atoms with van der Waals surface area (Å²) in [5, 5.41) is 0. The number of ether oxygens (including phenoxy) is 3. The number of hydrogen-bond donors (Lipinski definition) is 0. The number of rotatable bonds is 54. The number of esters is 3. The van der Waals surface area contributed by atoms with Crippen molar-refractivity contribution in [1.82, 2.24) is 0 Å². The molecule has 0 N–H and O–H groups in total. The van der Waals surface area contributed by atoms with E-state index in [4.69, 9.17) is 14.2 Å². The lowest BCUT2D eigenvalue weighted by atomic mass is 10.0. The van der Waals surface area contributed by atoms with E-state index in [1.54, 1.807) is 0 Å². The average Bonchev–Trinajstić information content (AvgIpc) is 3.34. The molecule has 0 aromatic carbocycles. The van der Waals surface area contributed by atoms with Crippen LogP contribution in [0.1, 0.15) is 310 Å². The number of unbranched alkanes of at least 4 members (excludes halogenated alkanes) is 35. The van der Waals surface area contributed by atoms with E-state index in [-0.39, 0.29) is 31.1 Å². The van der Waals surface area contributed by atoms with Gasteiger partial charge < -0.3 is 14.2 Å². The molecule has 0 aromatic rings. The molecule has 0 saturated carbocycles. The molecule has 0 amide bonds.